The molecule has 2 rings (SSSR count). The number of rotatable bonds is 1. The summed E-state index contributed by atoms with van der Waals surface area (Å²) in [4.78, 5) is 2.13. The first-order valence-electron chi connectivity index (χ1n) is 4.78. The van der Waals surface area contributed by atoms with E-state index in [-0.39, 0.29) is 11.5 Å². The number of nitrogens with zero attached hydrogens (tertiary/aromatic N) is 1. The average molecular weight is 337 g/mol. The summed E-state index contributed by atoms with van der Waals surface area (Å²) in [6, 6.07) is 8.14. The van der Waals surface area contributed by atoms with Gasteiger partial charge in [-0.25, -0.2) is 8.42 Å². The Kier molecular flexibility index (Phi) is 3.20. The minimum absolute atomic E-state index is 0.276. The SMILES string of the molecule is O=S1(=O)CCN(c2cccc(I)c2)CC1. The molecular formula is C10H12INO2S. The van der Waals surface area contributed by atoms with Crippen LogP contribution in [-0.2, 0) is 9.84 Å². The third-order valence-corrected chi connectivity index (χ3v) is 4.80. The number of anilines is 1. The fraction of sp³-hybridized carbons (Fsp3) is 0.400. The zero-order valence-corrected chi connectivity index (χ0v) is 11.2. The summed E-state index contributed by atoms with van der Waals surface area (Å²) in [5, 5.41) is 0. The Morgan fingerprint density at radius 1 is 1.20 bits per heavy atom. The highest BCUT2D eigenvalue weighted by Gasteiger charge is 2.21. The van der Waals surface area contributed by atoms with E-state index in [9.17, 15) is 8.42 Å². The van der Waals surface area contributed by atoms with Crippen molar-refractivity contribution >= 4 is 38.1 Å². The molecule has 0 aromatic heterocycles. The van der Waals surface area contributed by atoms with Crippen LogP contribution in [0.5, 0.6) is 0 Å². The molecule has 0 spiro atoms. The molecule has 0 atom stereocenters. The van der Waals surface area contributed by atoms with E-state index >= 15 is 0 Å². The maximum Gasteiger partial charge on any atom is 0.153 e. The Hall–Kier alpha value is -0.300. The number of sulfone groups is 1. The Balaban J connectivity index is 2.14. The molecule has 0 saturated carbocycles. The van der Waals surface area contributed by atoms with Crippen molar-refractivity contribution in [3.8, 4) is 0 Å². The van der Waals surface area contributed by atoms with Gasteiger partial charge in [-0.3, -0.25) is 0 Å². The van der Waals surface area contributed by atoms with Gasteiger partial charge in [-0.2, -0.15) is 0 Å². The van der Waals surface area contributed by atoms with E-state index in [0.29, 0.717) is 13.1 Å². The van der Waals surface area contributed by atoms with Crippen molar-refractivity contribution in [1.29, 1.82) is 0 Å². The second kappa shape index (κ2) is 4.29. The smallest absolute Gasteiger partial charge is 0.153 e. The highest BCUT2D eigenvalue weighted by molar-refractivity contribution is 14.1. The van der Waals surface area contributed by atoms with Crippen molar-refractivity contribution < 1.29 is 8.42 Å². The molecule has 5 heteroatoms. The van der Waals surface area contributed by atoms with Crippen molar-refractivity contribution in [2.75, 3.05) is 29.5 Å². The molecule has 1 aromatic rings. The number of benzene rings is 1. The largest absolute Gasteiger partial charge is 0.369 e. The molecule has 15 heavy (non-hydrogen) atoms. The lowest BCUT2D eigenvalue weighted by Gasteiger charge is -2.28. The summed E-state index contributed by atoms with van der Waals surface area (Å²) in [5.41, 5.74) is 1.12. The van der Waals surface area contributed by atoms with E-state index in [1.54, 1.807) is 0 Å². The van der Waals surface area contributed by atoms with E-state index < -0.39 is 9.84 Å². The molecule has 0 aliphatic carbocycles. The van der Waals surface area contributed by atoms with Gasteiger partial charge in [0.2, 0.25) is 0 Å². The van der Waals surface area contributed by atoms with E-state index in [1.165, 1.54) is 3.57 Å². The van der Waals surface area contributed by atoms with Gasteiger partial charge in [-0.05, 0) is 40.8 Å². The zero-order valence-electron chi connectivity index (χ0n) is 8.19. The molecule has 0 radical (unpaired) electrons. The van der Waals surface area contributed by atoms with Crippen molar-refractivity contribution in [1.82, 2.24) is 0 Å². The van der Waals surface area contributed by atoms with Crippen LogP contribution in [0.15, 0.2) is 24.3 Å². The monoisotopic (exact) mass is 337 g/mol. The summed E-state index contributed by atoms with van der Waals surface area (Å²) in [5.74, 6) is 0.553. The van der Waals surface area contributed by atoms with Crippen molar-refractivity contribution in [3.63, 3.8) is 0 Å². The van der Waals surface area contributed by atoms with Crippen LogP contribution in [0.3, 0.4) is 0 Å². The standard InChI is InChI=1S/C10H12INO2S/c11-9-2-1-3-10(8-9)12-4-6-15(13,14)7-5-12/h1-3,8H,4-7H2. The van der Waals surface area contributed by atoms with Gasteiger partial charge >= 0.3 is 0 Å². The predicted molar refractivity (Wildman–Crippen MR) is 70.0 cm³/mol. The van der Waals surface area contributed by atoms with E-state index in [4.69, 9.17) is 0 Å². The van der Waals surface area contributed by atoms with Gasteiger partial charge in [-0.15, -0.1) is 0 Å². The quantitative estimate of drug-likeness (QED) is 0.730. The molecule has 1 aliphatic heterocycles. The summed E-state index contributed by atoms with van der Waals surface area (Å²) in [6.45, 7) is 1.23. The molecule has 1 aliphatic rings. The summed E-state index contributed by atoms with van der Waals surface area (Å²) >= 11 is 2.26. The van der Waals surface area contributed by atoms with Gasteiger partial charge in [-0.1, -0.05) is 6.07 Å². The highest BCUT2D eigenvalue weighted by Crippen LogP contribution is 2.19. The second-order valence-electron chi connectivity index (χ2n) is 3.62. The van der Waals surface area contributed by atoms with Gasteiger partial charge in [0.1, 0.15) is 0 Å². The van der Waals surface area contributed by atoms with Gasteiger partial charge in [0.05, 0.1) is 11.5 Å². The number of halogens is 1. The van der Waals surface area contributed by atoms with E-state index in [1.807, 2.05) is 18.2 Å². The average Bonchev–Trinajstić information content (AvgIpc) is 2.17. The van der Waals surface area contributed by atoms with Crippen LogP contribution in [-0.4, -0.2) is 33.0 Å². The Bertz CT molecular complexity index is 444. The summed E-state index contributed by atoms with van der Waals surface area (Å²) in [6.07, 6.45) is 0. The van der Waals surface area contributed by atoms with Crippen molar-refractivity contribution in [2.45, 2.75) is 0 Å². The predicted octanol–water partition coefficient (Wildman–Crippen LogP) is 1.53. The first-order chi connectivity index (χ1) is 7.07. The molecule has 1 heterocycles. The topological polar surface area (TPSA) is 37.4 Å². The van der Waals surface area contributed by atoms with Crippen LogP contribution in [0.1, 0.15) is 0 Å². The second-order valence-corrected chi connectivity index (χ2v) is 7.17. The van der Waals surface area contributed by atoms with Crippen LogP contribution < -0.4 is 4.90 Å². The number of hydrogen-bond acceptors (Lipinski definition) is 3. The third kappa shape index (κ3) is 2.84. The fourth-order valence-corrected chi connectivity index (χ4v) is 3.37. The van der Waals surface area contributed by atoms with Crippen LogP contribution >= 0.6 is 22.6 Å². The molecule has 0 unspecified atom stereocenters. The molecule has 82 valence electrons. The molecule has 1 saturated heterocycles. The van der Waals surface area contributed by atoms with E-state index in [2.05, 4.69) is 33.6 Å². The Morgan fingerprint density at radius 2 is 1.87 bits per heavy atom. The first kappa shape index (κ1) is 11.2. The summed E-state index contributed by atoms with van der Waals surface area (Å²) < 4.78 is 23.7. The Labute approximate surface area is 104 Å². The maximum absolute atomic E-state index is 11.3. The minimum Gasteiger partial charge on any atom is -0.369 e. The minimum atomic E-state index is -2.78. The van der Waals surface area contributed by atoms with Crippen LogP contribution in [0.25, 0.3) is 0 Å². The molecular weight excluding hydrogens is 325 g/mol. The summed E-state index contributed by atoms with van der Waals surface area (Å²) in [7, 11) is -2.78. The van der Waals surface area contributed by atoms with Crippen molar-refractivity contribution in [3.05, 3.63) is 27.8 Å². The van der Waals surface area contributed by atoms with Crippen molar-refractivity contribution in [2.24, 2.45) is 0 Å². The molecule has 0 N–H and O–H groups in total. The van der Waals surface area contributed by atoms with Gasteiger partial charge in [0, 0.05) is 22.3 Å². The molecule has 0 bridgehead atoms. The maximum atomic E-state index is 11.3. The number of hydrogen-bond donors (Lipinski definition) is 0. The Morgan fingerprint density at radius 3 is 2.47 bits per heavy atom. The van der Waals surface area contributed by atoms with Crippen LogP contribution in [0.4, 0.5) is 5.69 Å². The third-order valence-electron chi connectivity index (χ3n) is 2.52. The zero-order chi connectivity index (χ0) is 10.9. The van der Waals surface area contributed by atoms with Crippen LogP contribution in [0, 0.1) is 3.57 Å². The van der Waals surface area contributed by atoms with Gasteiger partial charge in [0.15, 0.2) is 9.84 Å². The van der Waals surface area contributed by atoms with Gasteiger partial charge in [0.25, 0.3) is 0 Å². The lowest BCUT2D eigenvalue weighted by Crippen LogP contribution is -2.40. The highest BCUT2D eigenvalue weighted by atomic mass is 127. The normalized spacial score (nSPS) is 20.2. The molecule has 1 aromatic carbocycles. The lowest BCUT2D eigenvalue weighted by atomic mass is 10.3. The molecule has 3 nitrogen and oxygen atoms in total. The molecule has 1 fully saturated rings. The van der Waals surface area contributed by atoms with E-state index in [0.717, 1.165) is 5.69 Å². The first-order valence-corrected chi connectivity index (χ1v) is 7.68. The fourth-order valence-electron chi connectivity index (χ4n) is 1.64. The van der Waals surface area contributed by atoms with Crippen LogP contribution in [0.2, 0.25) is 0 Å². The molecule has 0 amide bonds. The van der Waals surface area contributed by atoms with Gasteiger partial charge < -0.3 is 4.90 Å². The lowest BCUT2D eigenvalue weighted by molar-refractivity contribution is 0.587.